The molecule has 0 spiro atoms. The van der Waals surface area contributed by atoms with Crippen molar-refractivity contribution in [3.8, 4) is 39.4 Å². The zero-order valence-electron chi connectivity index (χ0n) is 40.3. The van der Waals surface area contributed by atoms with E-state index in [4.69, 9.17) is 0 Å². The van der Waals surface area contributed by atoms with Gasteiger partial charge in [-0.3, -0.25) is 0 Å². The van der Waals surface area contributed by atoms with Gasteiger partial charge in [-0.15, -0.1) is 0 Å². The van der Waals surface area contributed by atoms with Crippen molar-refractivity contribution in [1.29, 1.82) is 5.26 Å². The number of rotatable bonds is 8. The van der Waals surface area contributed by atoms with E-state index < -0.39 is 0 Å². The molecule has 10 aromatic rings. The van der Waals surface area contributed by atoms with Crippen LogP contribution in [0.4, 0.5) is 34.1 Å². The quantitative estimate of drug-likeness (QED) is 0.152. The van der Waals surface area contributed by atoms with Crippen LogP contribution in [0.15, 0.2) is 212 Å². The van der Waals surface area contributed by atoms with E-state index in [-0.39, 0.29) is 10.8 Å². The van der Waals surface area contributed by atoms with Crippen LogP contribution in [0.3, 0.4) is 0 Å². The topological polar surface area (TPSA) is 30.3 Å². The fourth-order valence-electron chi connectivity index (χ4n) is 10.1. The lowest BCUT2D eigenvalue weighted by Crippen LogP contribution is -2.14. The summed E-state index contributed by atoms with van der Waals surface area (Å²) in [5.74, 6) is 0. The van der Waals surface area contributed by atoms with E-state index in [2.05, 4.69) is 270 Å². The Hall–Kier alpha value is -8.19. The lowest BCUT2D eigenvalue weighted by molar-refractivity contribution is 0.590. The third-order valence-electron chi connectivity index (χ3n) is 13.9. The molecule has 0 fully saturated rings. The predicted octanol–water partition coefficient (Wildman–Crippen LogP) is 18.3. The normalized spacial score (nSPS) is 12.1. The van der Waals surface area contributed by atoms with Crippen LogP contribution in [-0.4, -0.2) is 0 Å². The van der Waals surface area contributed by atoms with Crippen molar-refractivity contribution in [1.82, 2.24) is 0 Å². The Morgan fingerprint density at radius 1 is 0.348 bits per heavy atom. The SMILES string of the molecule is CC(C)(C)c1ccc(N(c2ccc(-c3cc4cc5c(cc4cc3C#N)-c3ccc(N(c4cccc(-c6ccccc6)c4)c4cccc(C(C)(C)C)c4)cc3C5)cc2)c2ccc3ccccc3c2)cc1. The molecule has 0 bridgehead atoms. The summed E-state index contributed by atoms with van der Waals surface area (Å²) in [7, 11) is 0. The number of hydrogen-bond acceptors (Lipinski definition) is 3. The van der Waals surface area contributed by atoms with Gasteiger partial charge in [-0.1, -0.05) is 163 Å². The van der Waals surface area contributed by atoms with Gasteiger partial charge in [0.25, 0.3) is 0 Å². The summed E-state index contributed by atoms with van der Waals surface area (Å²) in [6.07, 6.45) is 0.833. The first-order valence-electron chi connectivity index (χ1n) is 24.1. The van der Waals surface area contributed by atoms with Gasteiger partial charge in [0.2, 0.25) is 0 Å². The van der Waals surface area contributed by atoms with Crippen LogP contribution in [0.1, 0.15) is 69.4 Å². The average molecular weight is 890 g/mol. The zero-order valence-corrected chi connectivity index (χ0v) is 40.3. The van der Waals surface area contributed by atoms with Gasteiger partial charge in [0, 0.05) is 39.7 Å². The molecule has 1 aliphatic rings. The monoisotopic (exact) mass is 889 g/mol. The predicted molar refractivity (Wildman–Crippen MR) is 292 cm³/mol. The van der Waals surface area contributed by atoms with Crippen LogP contribution in [-0.2, 0) is 17.3 Å². The minimum absolute atomic E-state index is 0.00287. The molecule has 0 aliphatic heterocycles. The van der Waals surface area contributed by atoms with E-state index in [0.29, 0.717) is 5.56 Å². The van der Waals surface area contributed by atoms with Crippen LogP contribution in [0.5, 0.6) is 0 Å². The van der Waals surface area contributed by atoms with E-state index in [9.17, 15) is 5.26 Å². The van der Waals surface area contributed by atoms with Gasteiger partial charge in [0.15, 0.2) is 0 Å². The fraction of sp³-hybridized carbons (Fsp3) is 0.136. The van der Waals surface area contributed by atoms with Gasteiger partial charge < -0.3 is 9.80 Å². The number of benzene rings is 10. The van der Waals surface area contributed by atoms with Crippen LogP contribution in [0.2, 0.25) is 0 Å². The van der Waals surface area contributed by atoms with Crippen molar-refractivity contribution < 1.29 is 0 Å². The second-order valence-corrected chi connectivity index (χ2v) is 20.6. The van der Waals surface area contributed by atoms with Gasteiger partial charge in [0.1, 0.15) is 0 Å². The van der Waals surface area contributed by atoms with Crippen molar-refractivity contribution in [3.63, 3.8) is 0 Å². The van der Waals surface area contributed by atoms with E-state index in [1.165, 1.54) is 55.3 Å². The molecule has 0 heterocycles. The summed E-state index contributed by atoms with van der Waals surface area (Å²) in [5, 5.41) is 15.3. The molecule has 0 unspecified atom stereocenters. The van der Waals surface area contributed by atoms with Crippen molar-refractivity contribution in [2.75, 3.05) is 9.80 Å². The standard InChI is InChI=1S/C66H55N3/c1-65(2,3)54-25-30-57(31-26-54)68(60-29-22-45-16-10-11-17-47(45)38-60)56-27-23-46(24-28-56)63-40-49-34-51-36-52-39-61(32-33-62(52)64(51)41-50(49)35-53(63)43-67)69(59-21-13-19-55(42-59)66(4,5)6)58-20-12-18-48(37-58)44-14-8-7-9-15-44/h7-35,37-42H,36H2,1-6H3. The number of anilines is 6. The average Bonchev–Trinajstić information content (AvgIpc) is 3.72. The summed E-state index contributed by atoms with van der Waals surface area (Å²) in [6, 6.07) is 79.8. The van der Waals surface area contributed by atoms with Crippen LogP contribution < -0.4 is 9.80 Å². The molecule has 0 atom stereocenters. The molecule has 334 valence electrons. The molecule has 3 nitrogen and oxygen atoms in total. The fourth-order valence-corrected chi connectivity index (χ4v) is 10.1. The maximum atomic E-state index is 10.6. The molecule has 3 heteroatoms. The lowest BCUT2D eigenvalue weighted by Gasteiger charge is -2.28. The highest BCUT2D eigenvalue weighted by Crippen LogP contribution is 2.46. The van der Waals surface area contributed by atoms with Crippen molar-refractivity contribution in [2.45, 2.75) is 58.8 Å². The van der Waals surface area contributed by atoms with Crippen molar-refractivity contribution in [3.05, 3.63) is 240 Å². The van der Waals surface area contributed by atoms with Crippen LogP contribution in [0, 0.1) is 11.3 Å². The summed E-state index contributed by atoms with van der Waals surface area (Å²) in [6.45, 7) is 13.6. The first-order chi connectivity index (χ1) is 33.4. The Kier molecular flexibility index (Phi) is 10.8. The summed E-state index contributed by atoms with van der Waals surface area (Å²) < 4.78 is 0. The van der Waals surface area contributed by atoms with Gasteiger partial charge in [-0.2, -0.15) is 5.26 Å². The second-order valence-electron chi connectivity index (χ2n) is 20.6. The Morgan fingerprint density at radius 3 is 1.62 bits per heavy atom. The number of nitriles is 1. The molecule has 11 rings (SSSR count). The maximum Gasteiger partial charge on any atom is 0.0998 e. The summed E-state index contributed by atoms with van der Waals surface area (Å²) in [5.41, 5.74) is 19.3. The Bertz CT molecular complexity index is 3600. The van der Waals surface area contributed by atoms with E-state index >= 15 is 0 Å². The van der Waals surface area contributed by atoms with E-state index in [1.807, 2.05) is 0 Å². The first kappa shape index (κ1) is 43.4. The largest absolute Gasteiger partial charge is 0.310 e. The van der Waals surface area contributed by atoms with E-state index in [1.54, 1.807) is 0 Å². The highest BCUT2D eigenvalue weighted by Gasteiger charge is 2.24. The maximum absolute atomic E-state index is 10.6. The molecular weight excluding hydrogens is 835 g/mol. The third-order valence-corrected chi connectivity index (χ3v) is 13.9. The molecule has 0 saturated carbocycles. The Labute approximate surface area is 407 Å². The minimum atomic E-state index is 0.00287. The molecule has 0 aromatic heterocycles. The first-order valence-corrected chi connectivity index (χ1v) is 24.1. The van der Waals surface area contributed by atoms with Crippen LogP contribution >= 0.6 is 0 Å². The van der Waals surface area contributed by atoms with Gasteiger partial charge >= 0.3 is 0 Å². The minimum Gasteiger partial charge on any atom is -0.310 e. The smallest absolute Gasteiger partial charge is 0.0998 e. The van der Waals surface area contributed by atoms with Gasteiger partial charge in [-0.05, 0) is 180 Å². The molecule has 10 aromatic carbocycles. The van der Waals surface area contributed by atoms with E-state index in [0.717, 1.165) is 62.4 Å². The number of hydrogen-bond donors (Lipinski definition) is 0. The highest BCUT2D eigenvalue weighted by molar-refractivity contribution is 5.97. The summed E-state index contributed by atoms with van der Waals surface area (Å²) in [4.78, 5) is 4.73. The Balaban J connectivity index is 0.941. The molecular formula is C66H55N3. The molecule has 69 heavy (non-hydrogen) atoms. The summed E-state index contributed by atoms with van der Waals surface area (Å²) >= 11 is 0. The molecule has 1 aliphatic carbocycles. The molecule has 0 amide bonds. The van der Waals surface area contributed by atoms with Gasteiger partial charge in [-0.25, -0.2) is 0 Å². The van der Waals surface area contributed by atoms with Gasteiger partial charge in [0.05, 0.1) is 11.6 Å². The van der Waals surface area contributed by atoms with Crippen molar-refractivity contribution in [2.24, 2.45) is 0 Å². The molecule has 0 N–H and O–H groups in total. The van der Waals surface area contributed by atoms with Crippen LogP contribution in [0.25, 0.3) is 54.9 Å². The number of nitrogens with zero attached hydrogens (tertiary/aromatic N) is 3. The number of fused-ring (bicyclic) bond motifs is 5. The zero-order chi connectivity index (χ0) is 47.4. The highest BCUT2D eigenvalue weighted by atomic mass is 15.1. The second kappa shape index (κ2) is 17.2. The lowest BCUT2D eigenvalue weighted by atomic mass is 9.87. The molecule has 0 radical (unpaired) electrons. The third kappa shape index (κ3) is 8.34. The Morgan fingerprint density at radius 2 is 0.899 bits per heavy atom. The molecule has 0 saturated heterocycles. The van der Waals surface area contributed by atoms with Crippen molar-refractivity contribution >= 4 is 55.7 Å².